The van der Waals surface area contributed by atoms with Crippen molar-refractivity contribution in [3.63, 3.8) is 0 Å². The van der Waals surface area contributed by atoms with Gasteiger partial charge in [-0.2, -0.15) is 0 Å². The van der Waals surface area contributed by atoms with Gasteiger partial charge in [0.05, 0.1) is 13.2 Å². The highest BCUT2D eigenvalue weighted by atomic mass is 127. The van der Waals surface area contributed by atoms with Crippen LogP contribution in [0.1, 0.15) is 67.1 Å². The second kappa shape index (κ2) is 14.6. The minimum absolute atomic E-state index is 0.0433. The fraction of sp³-hybridized carbons (Fsp3) is 0.622. The van der Waals surface area contributed by atoms with Crippen molar-refractivity contribution in [2.24, 2.45) is 5.92 Å². The molecular formula is C37H50FIN4O4. The van der Waals surface area contributed by atoms with E-state index in [4.69, 9.17) is 9.47 Å². The van der Waals surface area contributed by atoms with Gasteiger partial charge in [-0.1, -0.05) is 46.9 Å². The number of rotatable bonds is 8. The molecule has 3 saturated heterocycles. The van der Waals surface area contributed by atoms with Gasteiger partial charge in [-0.05, 0) is 80.3 Å². The summed E-state index contributed by atoms with van der Waals surface area (Å²) in [5, 5.41) is 2.81. The molecule has 47 heavy (non-hydrogen) atoms. The lowest BCUT2D eigenvalue weighted by molar-refractivity contribution is -0.143. The third-order valence-corrected chi connectivity index (χ3v) is 12.6. The number of amides is 2. The van der Waals surface area contributed by atoms with E-state index in [2.05, 4.69) is 62.8 Å². The molecule has 4 atom stereocenters. The summed E-state index contributed by atoms with van der Waals surface area (Å²) in [6.45, 7) is 5.40. The number of ether oxygens (including phenoxy) is 2. The third kappa shape index (κ3) is 7.02. The summed E-state index contributed by atoms with van der Waals surface area (Å²) in [6, 6.07) is 14.4. The highest BCUT2D eigenvalue weighted by molar-refractivity contribution is 14.1. The fourth-order valence-corrected chi connectivity index (χ4v) is 9.60. The number of carbonyl (C=O) groups excluding carboxylic acids is 2. The van der Waals surface area contributed by atoms with Gasteiger partial charge >= 0.3 is 0 Å². The van der Waals surface area contributed by atoms with Crippen molar-refractivity contribution in [1.82, 2.24) is 15.1 Å². The zero-order chi connectivity index (χ0) is 33.3. The van der Waals surface area contributed by atoms with Crippen molar-refractivity contribution in [2.45, 2.75) is 79.0 Å². The number of methoxy groups -OCH3 is 2. The van der Waals surface area contributed by atoms with Crippen LogP contribution in [0.3, 0.4) is 0 Å². The Kier molecular flexibility index (Phi) is 10.7. The fourth-order valence-electron chi connectivity index (χ4n) is 8.51. The zero-order valence-electron chi connectivity index (χ0n) is 28.2. The standard InChI is InChI=1S/C37H50FIN4O4/c1-24-5-14-30(34(19-24)41-17-15-26(16-18-41)35(44)40-2)31-20-42(22-33(31)39)36(45)37(38)23-43(27-8-12-29(47-4)13-9-27)21-32(37)25-6-10-28(46-3)11-7-25/h5-7,10-11,14,19,26-27,29,31-33H,8-9,12-13,15-18,20-23H2,1-4H3,(H,40,44)/t27?,29?,31-,32+,33+,37+/m1/s1. The molecule has 0 aromatic heterocycles. The van der Waals surface area contributed by atoms with Crippen LogP contribution in [0.25, 0.3) is 0 Å². The molecular weight excluding hydrogens is 710 g/mol. The molecule has 4 fully saturated rings. The molecule has 3 aliphatic heterocycles. The first-order valence-corrected chi connectivity index (χ1v) is 18.5. The predicted molar refractivity (Wildman–Crippen MR) is 192 cm³/mol. The van der Waals surface area contributed by atoms with Gasteiger partial charge in [0.15, 0.2) is 0 Å². The second-order valence-corrected chi connectivity index (χ2v) is 15.7. The molecule has 1 aliphatic carbocycles. The minimum atomic E-state index is -2.02. The number of benzene rings is 2. The number of nitrogens with zero attached hydrogens (tertiary/aromatic N) is 3. The second-order valence-electron chi connectivity index (χ2n) is 14.1. The monoisotopic (exact) mass is 760 g/mol. The number of carbonyl (C=O) groups is 2. The molecule has 0 bridgehead atoms. The van der Waals surface area contributed by atoms with Crippen molar-refractivity contribution >= 4 is 40.1 Å². The molecule has 0 spiro atoms. The molecule has 1 N–H and O–H groups in total. The summed E-state index contributed by atoms with van der Waals surface area (Å²) in [6.07, 6.45) is 5.73. The third-order valence-electron chi connectivity index (χ3n) is 11.3. The Bertz CT molecular complexity index is 1410. The van der Waals surface area contributed by atoms with Crippen molar-refractivity contribution < 1.29 is 23.5 Å². The van der Waals surface area contributed by atoms with Gasteiger partial charge in [0.1, 0.15) is 5.75 Å². The lowest BCUT2D eigenvalue weighted by Gasteiger charge is -2.35. The van der Waals surface area contributed by atoms with Crippen LogP contribution >= 0.6 is 22.6 Å². The van der Waals surface area contributed by atoms with Gasteiger partial charge in [0.2, 0.25) is 11.6 Å². The van der Waals surface area contributed by atoms with Gasteiger partial charge in [-0.25, -0.2) is 4.39 Å². The number of hydrogen-bond donors (Lipinski definition) is 1. The lowest BCUT2D eigenvalue weighted by Crippen LogP contribution is -2.50. The van der Waals surface area contributed by atoms with E-state index in [0.29, 0.717) is 19.6 Å². The molecule has 0 unspecified atom stereocenters. The number of nitrogens with one attached hydrogen (secondary N) is 1. The summed E-state index contributed by atoms with van der Waals surface area (Å²) < 4.78 is 28.9. The van der Waals surface area contributed by atoms with E-state index in [9.17, 15) is 9.59 Å². The van der Waals surface area contributed by atoms with Crippen molar-refractivity contribution in [2.75, 3.05) is 65.4 Å². The summed E-state index contributed by atoms with van der Waals surface area (Å²) in [7, 11) is 5.10. The van der Waals surface area contributed by atoms with Crippen molar-refractivity contribution in [3.8, 4) is 5.75 Å². The number of hydrogen-bond acceptors (Lipinski definition) is 6. The zero-order valence-corrected chi connectivity index (χ0v) is 30.4. The first-order chi connectivity index (χ1) is 22.6. The Balaban J connectivity index is 1.23. The average Bonchev–Trinajstić information content (AvgIpc) is 3.68. The van der Waals surface area contributed by atoms with Gasteiger partial charge in [-0.15, -0.1) is 0 Å². The normalized spacial score (nSPS) is 30.5. The van der Waals surface area contributed by atoms with E-state index in [1.807, 2.05) is 29.2 Å². The topological polar surface area (TPSA) is 74.4 Å². The van der Waals surface area contributed by atoms with Crippen LogP contribution in [0.2, 0.25) is 0 Å². The van der Waals surface area contributed by atoms with Crippen LogP contribution in [0.4, 0.5) is 10.1 Å². The quantitative estimate of drug-likeness (QED) is 0.285. The van der Waals surface area contributed by atoms with Crippen LogP contribution in [-0.2, 0) is 14.3 Å². The first-order valence-electron chi connectivity index (χ1n) is 17.2. The van der Waals surface area contributed by atoms with E-state index >= 15 is 4.39 Å². The van der Waals surface area contributed by atoms with Gasteiger partial charge < -0.3 is 24.6 Å². The Morgan fingerprint density at radius 3 is 2.30 bits per heavy atom. The van der Waals surface area contributed by atoms with Crippen LogP contribution < -0.4 is 15.0 Å². The van der Waals surface area contributed by atoms with Gasteiger partial charge in [0.25, 0.3) is 5.91 Å². The Labute approximate surface area is 292 Å². The average molecular weight is 761 g/mol. The van der Waals surface area contributed by atoms with Crippen LogP contribution in [0.15, 0.2) is 42.5 Å². The number of halogens is 2. The Morgan fingerprint density at radius 1 is 0.957 bits per heavy atom. The maximum Gasteiger partial charge on any atom is 0.262 e. The largest absolute Gasteiger partial charge is 0.497 e. The molecule has 2 aromatic rings. The minimum Gasteiger partial charge on any atom is -0.497 e. The SMILES string of the molecule is CNC(=O)C1CCN(c2cc(C)ccc2[C@H]2CN(C(=O)[C@]3(F)CN(C4CCC(OC)CC4)C[C@H]3c3ccc(OC)cc3)C[C@@H]2I)CC1. The Morgan fingerprint density at radius 2 is 1.66 bits per heavy atom. The molecule has 6 rings (SSSR count). The highest BCUT2D eigenvalue weighted by Gasteiger charge is 2.57. The molecule has 2 amide bonds. The van der Waals surface area contributed by atoms with Gasteiger partial charge in [0, 0.05) is 86.8 Å². The number of piperidine rings is 1. The molecule has 256 valence electrons. The molecule has 2 aromatic carbocycles. The Hall–Kier alpha value is -2.44. The summed E-state index contributed by atoms with van der Waals surface area (Å²) in [5.41, 5.74) is 2.41. The number of likely N-dealkylation sites (tertiary alicyclic amines) is 2. The summed E-state index contributed by atoms with van der Waals surface area (Å²) in [5.74, 6) is 0.0465. The summed E-state index contributed by atoms with van der Waals surface area (Å²) >= 11 is 2.47. The summed E-state index contributed by atoms with van der Waals surface area (Å²) in [4.78, 5) is 33.3. The smallest absolute Gasteiger partial charge is 0.262 e. The molecule has 10 heteroatoms. The van der Waals surface area contributed by atoms with Gasteiger partial charge in [-0.3, -0.25) is 14.5 Å². The van der Waals surface area contributed by atoms with E-state index in [1.165, 1.54) is 16.8 Å². The first kappa shape index (κ1) is 34.4. The maximum absolute atomic E-state index is 17.7. The number of alkyl halides is 2. The molecule has 1 saturated carbocycles. The van der Waals surface area contributed by atoms with E-state index in [0.717, 1.165) is 62.9 Å². The van der Waals surface area contributed by atoms with E-state index in [-0.39, 0.29) is 46.3 Å². The van der Waals surface area contributed by atoms with Crippen LogP contribution in [-0.4, -0.2) is 104 Å². The number of aryl methyl sites for hydroxylation is 1. The van der Waals surface area contributed by atoms with Crippen LogP contribution in [0.5, 0.6) is 5.75 Å². The molecule has 3 heterocycles. The van der Waals surface area contributed by atoms with Crippen molar-refractivity contribution in [1.29, 1.82) is 0 Å². The number of anilines is 1. The van der Waals surface area contributed by atoms with Crippen LogP contribution in [0, 0.1) is 12.8 Å². The molecule has 8 nitrogen and oxygen atoms in total. The molecule has 0 radical (unpaired) electrons. The van der Waals surface area contributed by atoms with Crippen molar-refractivity contribution in [3.05, 3.63) is 59.2 Å². The predicted octanol–water partition coefficient (Wildman–Crippen LogP) is 5.46. The van der Waals surface area contributed by atoms with E-state index < -0.39 is 11.6 Å². The highest BCUT2D eigenvalue weighted by Crippen LogP contribution is 2.46. The molecule has 4 aliphatic rings. The lowest BCUT2D eigenvalue weighted by atomic mass is 9.85. The maximum atomic E-state index is 17.7. The van der Waals surface area contributed by atoms with E-state index in [1.54, 1.807) is 21.3 Å².